The Bertz CT molecular complexity index is 533. The second-order valence-electron chi connectivity index (χ2n) is 5.44. The molecule has 0 heterocycles. The molecule has 0 unspecified atom stereocenters. The number of aliphatic imine (C=N–C) groups is 1. The van der Waals surface area contributed by atoms with Gasteiger partial charge >= 0.3 is 0 Å². The summed E-state index contributed by atoms with van der Waals surface area (Å²) in [7, 11) is 1.64. The first-order valence-corrected chi connectivity index (χ1v) is 7.61. The van der Waals surface area contributed by atoms with Crippen LogP contribution in [0.25, 0.3) is 0 Å². The number of benzene rings is 1. The second-order valence-corrected chi connectivity index (χ2v) is 5.44. The minimum absolute atomic E-state index is 0. The topological polar surface area (TPSA) is 88.7 Å². The number of methoxy groups -OCH3 is 1. The highest BCUT2D eigenvalue weighted by Gasteiger charge is 2.25. The smallest absolute Gasteiger partial charge is 0.227 e. The summed E-state index contributed by atoms with van der Waals surface area (Å²) in [6.07, 6.45) is 3.15. The summed E-state index contributed by atoms with van der Waals surface area (Å²) in [5.74, 6) is 0.691. The molecule has 0 saturated heterocycles. The Labute approximate surface area is 154 Å². The molecule has 0 spiro atoms. The molecule has 23 heavy (non-hydrogen) atoms. The Morgan fingerprint density at radius 3 is 2.87 bits per heavy atom. The summed E-state index contributed by atoms with van der Waals surface area (Å²) in [5, 5.41) is 5.93. The van der Waals surface area contributed by atoms with Gasteiger partial charge in [0.25, 0.3) is 0 Å². The standard InChI is InChI=1S/C16H24N4O2.HI/c1-22-9-8-18-16(17)19-11-12-4-2-7-14(10-12)20-15(21)13-5-3-6-13;/h2,4,7,10,13H,3,5-6,8-9,11H2,1H3,(H,20,21)(H3,17,18,19);1H. The predicted octanol–water partition coefficient (Wildman–Crippen LogP) is 2.09. The van der Waals surface area contributed by atoms with Crippen LogP contribution in [0.2, 0.25) is 0 Å². The maximum atomic E-state index is 11.9. The lowest BCUT2D eigenvalue weighted by atomic mass is 9.85. The number of nitrogens with one attached hydrogen (secondary N) is 2. The molecule has 1 aromatic rings. The van der Waals surface area contributed by atoms with Gasteiger partial charge in [-0.15, -0.1) is 24.0 Å². The molecule has 0 bridgehead atoms. The maximum absolute atomic E-state index is 11.9. The number of halogens is 1. The first-order chi connectivity index (χ1) is 10.7. The molecule has 0 radical (unpaired) electrons. The van der Waals surface area contributed by atoms with Crippen LogP contribution in [0.15, 0.2) is 29.3 Å². The molecule has 1 fully saturated rings. The van der Waals surface area contributed by atoms with Crippen LogP contribution >= 0.6 is 24.0 Å². The number of anilines is 1. The van der Waals surface area contributed by atoms with Crippen LogP contribution in [0.3, 0.4) is 0 Å². The third kappa shape index (κ3) is 6.74. The summed E-state index contributed by atoms with van der Waals surface area (Å²) < 4.78 is 4.93. The minimum Gasteiger partial charge on any atom is -0.383 e. The Hall–Kier alpha value is -1.35. The average Bonchev–Trinajstić information content (AvgIpc) is 2.44. The molecule has 1 aliphatic carbocycles. The number of nitrogens with zero attached hydrogens (tertiary/aromatic N) is 1. The fourth-order valence-corrected chi connectivity index (χ4v) is 2.18. The quantitative estimate of drug-likeness (QED) is 0.267. The summed E-state index contributed by atoms with van der Waals surface area (Å²) in [5.41, 5.74) is 7.58. The van der Waals surface area contributed by atoms with Crippen molar-refractivity contribution in [2.24, 2.45) is 16.6 Å². The number of carbonyl (C=O) groups excluding carboxylic acids is 1. The van der Waals surface area contributed by atoms with E-state index in [1.807, 2.05) is 24.3 Å². The molecule has 128 valence electrons. The minimum atomic E-state index is 0. The first-order valence-electron chi connectivity index (χ1n) is 7.61. The molecule has 0 aliphatic heterocycles. The fraction of sp³-hybridized carbons (Fsp3) is 0.500. The van der Waals surface area contributed by atoms with E-state index in [0.29, 0.717) is 25.7 Å². The van der Waals surface area contributed by atoms with Gasteiger partial charge in [-0.05, 0) is 30.5 Å². The number of hydrogen-bond donors (Lipinski definition) is 3. The van der Waals surface area contributed by atoms with Crippen LogP contribution < -0.4 is 16.4 Å². The van der Waals surface area contributed by atoms with Gasteiger partial charge in [-0.3, -0.25) is 4.79 Å². The highest BCUT2D eigenvalue weighted by molar-refractivity contribution is 14.0. The lowest BCUT2D eigenvalue weighted by Crippen LogP contribution is -2.34. The Morgan fingerprint density at radius 2 is 2.22 bits per heavy atom. The number of ether oxygens (including phenoxy) is 1. The summed E-state index contributed by atoms with van der Waals surface area (Å²) in [4.78, 5) is 16.2. The summed E-state index contributed by atoms with van der Waals surface area (Å²) in [6.45, 7) is 1.68. The van der Waals surface area contributed by atoms with Gasteiger partial charge in [-0.1, -0.05) is 18.6 Å². The zero-order valence-corrected chi connectivity index (χ0v) is 15.7. The second kappa shape index (κ2) is 10.4. The third-order valence-electron chi connectivity index (χ3n) is 3.71. The van der Waals surface area contributed by atoms with Crippen molar-refractivity contribution < 1.29 is 9.53 Å². The Balaban J connectivity index is 0.00000264. The van der Waals surface area contributed by atoms with E-state index >= 15 is 0 Å². The number of rotatable bonds is 7. The van der Waals surface area contributed by atoms with Crippen molar-refractivity contribution in [3.8, 4) is 0 Å². The van der Waals surface area contributed by atoms with Gasteiger partial charge in [0.1, 0.15) is 0 Å². The highest BCUT2D eigenvalue weighted by atomic mass is 127. The summed E-state index contributed by atoms with van der Waals surface area (Å²) in [6, 6.07) is 7.70. The van der Waals surface area contributed by atoms with E-state index in [-0.39, 0.29) is 35.8 Å². The SMILES string of the molecule is COCCNC(N)=NCc1cccc(NC(=O)C2CCC2)c1.I. The predicted molar refractivity (Wildman–Crippen MR) is 103 cm³/mol. The van der Waals surface area contributed by atoms with E-state index < -0.39 is 0 Å². The van der Waals surface area contributed by atoms with Gasteiger partial charge in [0.05, 0.1) is 13.2 Å². The highest BCUT2D eigenvalue weighted by Crippen LogP contribution is 2.27. The number of carbonyl (C=O) groups is 1. The monoisotopic (exact) mass is 432 g/mol. The molecule has 1 saturated carbocycles. The van der Waals surface area contributed by atoms with E-state index in [0.717, 1.165) is 30.5 Å². The van der Waals surface area contributed by atoms with E-state index in [2.05, 4.69) is 15.6 Å². The molecule has 1 aliphatic rings. The van der Waals surface area contributed by atoms with Crippen molar-refractivity contribution in [2.75, 3.05) is 25.6 Å². The molecule has 7 heteroatoms. The molecule has 1 aromatic carbocycles. The van der Waals surface area contributed by atoms with Crippen LogP contribution in [0, 0.1) is 5.92 Å². The van der Waals surface area contributed by atoms with Crippen molar-refractivity contribution in [2.45, 2.75) is 25.8 Å². The lowest BCUT2D eigenvalue weighted by molar-refractivity contribution is -0.122. The summed E-state index contributed by atoms with van der Waals surface area (Å²) >= 11 is 0. The van der Waals surface area contributed by atoms with Crippen molar-refractivity contribution in [1.82, 2.24) is 5.32 Å². The van der Waals surface area contributed by atoms with E-state index in [4.69, 9.17) is 10.5 Å². The van der Waals surface area contributed by atoms with Gasteiger partial charge in [0.15, 0.2) is 5.96 Å². The normalized spacial score (nSPS) is 14.6. The van der Waals surface area contributed by atoms with E-state index in [1.165, 1.54) is 0 Å². The number of nitrogens with two attached hydrogens (primary N) is 1. The van der Waals surface area contributed by atoms with Gasteiger partial charge in [-0.2, -0.15) is 0 Å². The number of amides is 1. The van der Waals surface area contributed by atoms with Crippen LogP contribution in [-0.2, 0) is 16.1 Å². The molecule has 4 N–H and O–H groups in total. The molecular formula is C16H25IN4O2. The lowest BCUT2D eigenvalue weighted by Gasteiger charge is -2.24. The van der Waals surface area contributed by atoms with Gasteiger partial charge in [-0.25, -0.2) is 4.99 Å². The first kappa shape index (κ1) is 19.7. The van der Waals surface area contributed by atoms with Crippen LogP contribution in [-0.4, -0.2) is 32.1 Å². The fourth-order valence-electron chi connectivity index (χ4n) is 2.18. The van der Waals surface area contributed by atoms with Crippen molar-refractivity contribution in [3.05, 3.63) is 29.8 Å². The van der Waals surface area contributed by atoms with Gasteiger partial charge in [0, 0.05) is 25.3 Å². The number of hydrogen-bond acceptors (Lipinski definition) is 3. The molecule has 0 aromatic heterocycles. The number of guanidine groups is 1. The third-order valence-corrected chi connectivity index (χ3v) is 3.71. The largest absolute Gasteiger partial charge is 0.383 e. The molecule has 1 amide bonds. The zero-order valence-electron chi connectivity index (χ0n) is 13.4. The van der Waals surface area contributed by atoms with E-state index in [1.54, 1.807) is 7.11 Å². The average molecular weight is 432 g/mol. The van der Waals surface area contributed by atoms with E-state index in [9.17, 15) is 4.79 Å². The molecule has 6 nitrogen and oxygen atoms in total. The Kier molecular flexibility index (Phi) is 8.93. The molecule has 2 rings (SSSR count). The van der Waals surface area contributed by atoms with Crippen LogP contribution in [0.4, 0.5) is 5.69 Å². The van der Waals surface area contributed by atoms with Crippen molar-refractivity contribution in [1.29, 1.82) is 0 Å². The van der Waals surface area contributed by atoms with Crippen LogP contribution in [0.1, 0.15) is 24.8 Å². The van der Waals surface area contributed by atoms with Gasteiger partial charge in [0.2, 0.25) is 5.91 Å². The van der Waals surface area contributed by atoms with Crippen molar-refractivity contribution >= 4 is 41.5 Å². The molecular weight excluding hydrogens is 407 g/mol. The van der Waals surface area contributed by atoms with Gasteiger partial charge < -0.3 is 21.1 Å². The van der Waals surface area contributed by atoms with Crippen molar-refractivity contribution in [3.63, 3.8) is 0 Å². The van der Waals surface area contributed by atoms with Crippen LogP contribution in [0.5, 0.6) is 0 Å². The molecule has 0 atom stereocenters. The Morgan fingerprint density at radius 1 is 1.43 bits per heavy atom. The maximum Gasteiger partial charge on any atom is 0.227 e. The zero-order chi connectivity index (χ0) is 15.8.